The van der Waals surface area contributed by atoms with Crippen molar-refractivity contribution in [3.63, 3.8) is 0 Å². The smallest absolute Gasteiger partial charge is 0.138 e. The molecule has 0 unspecified atom stereocenters. The lowest BCUT2D eigenvalue weighted by molar-refractivity contribution is -0.415. The lowest BCUT2D eigenvalue weighted by atomic mass is 9.71. The van der Waals surface area contributed by atoms with Crippen LogP contribution in [0.25, 0.3) is 0 Å². The Hall–Kier alpha value is -0.670. The molecule has 3 heteroatoms. The van der Waals surface area contributed by atoms with Crippen LogP contribution in [0.4, 0.5) is 0 Å². The second kappa shape index (κ2) is 11.2. The molecule has 4 atom stereocenters. The van der Waals surface area contributed by atoms with E-state index in [-0.39, 0.29) is 17.9 Å². The van der Waals surface area contributed by atoms with Crippen molar-refractivity contribution < 1.29 is 14.6 Å². The first-order chi connectivity index (χ1) is 12.6. The summed E-state index contributed by atoms with van der Waals surface area (Å²) in [5.41, 5.74) is -0.440. The van der Waals surface area contributed by atoms with E-state index in [9.17, 15) is 4.79 Å². The van der Waals surface area contributed by atoms with Crippen molar-refractivity contribution in [3.05, 3.63) is 12.2 Å². The molecule has 3 nitrogen and oxygen atoms in total. The Balaban J connectivity index is 1.55. The topological polar surface area (TPSA) is 35.5 Å². The van der Waals surface area contributed by atoms with Crippen molar-refractivity contribution in [2.24, 2.45) is 11.8 Å². The molecule has 0 amide bonds. The minimum absolute atomic E-state index is 0.0218. The maximum atomic E-state index is 12.1. The van der Waals surface area contributed by atoms with E-state index in [4.69, 9.17) is 9.78 Å². The fourth-order valence-electron chi connectivity index (χ4n) is 4.23. The number of carbonyl (C=O) groups is 1. The summed E-state index contributed by atoms with van der Waals surface area (Å²) in [6.07, 6.45) is 20.7. The molecule has 0 spiro atoms. The van der Waals surface area contributed by atoms with E-state index < -0.39 is 5.60 Å². The lowest BCUT2D eigenvalue weighted by Crippen LogP contribution is -2.52. The van der Waals surface area contributed by atoms with Gasteiger partial charge in [-0.15, -0.1) is 0 Å². The summed E-state index contributed by atoms with van der Waals surface area (Å²) in [7, 11) is 0. The molecule has 2 bridgehead atoms. The van der Waals surface area contributed by atoms with Crippen molar-refractivity contribution in [1.29, 1.82) is 0 Å². The highest BCUT2D eigenvalue weighted by molar-refractivity contribution is 5.82. The first kappa shape index (κ1) is 21.6. The van der Waals surface area contributed by atoms with Crippen LogP contribution in [0.3, 0.4) is 0 Å². The molecule has 2 aliphatic rings. The molecule has 2 rings (SSSR count). The first-order valence-electron chi connectivity index (χ1n) is 11.1. The Morgan fingerprint density at radius 1 is 1.04 bits per heavy atom. The first-order valence-corrected chi connectivity index (χ1v) is 11.1. The number of ketones is 1. The van der Waals surface area contributed by atoms with Gasteiger partial charge in [-0.1, -0.05) is 83.8 Å². The van der Waals surface area contributed by atoms with Crippen LogP contribution in [-0.4, -0.2) is 17.5 Å². The third-order valence-electron chi connectivity index (χ3n) is 6.36. The molecule has 0 aromatic rings. The molecule has 26 heavy (non-hydrogen) atoms. The molecule has 1 saturated heterocycles. The van der Waals surface area contributed by atoms with Gasteiger partial charge in [0.15, 0.2) is 0 Å². The monoisotopic (exact) mass is 364 g/mol. The van der Waals surface area contributed by atoms with Gasteiger partial charge in [-0.2, -0.15) is 0 Å². The second-order valence-electron chi connectivity index (χ2n) is 8.67. The highest BCUT2D eigenvalue weighted by Crippen LogP contribution is 2.42. The quantitative estimate of drug-likeness (QED) is 0.223. The number of unbranched alkanes of at least 4 members (excludes halogenated alkanes) is 10. The van der Waals surface area contributed by atoms with Crippen molar-refractivity contribution in [1.82, 2.24) is 0 Å². The Morgan fingerprint density at radius 3 is 2.31 bits per heavy atom. The summed E-state index contributed by atoms with van der Waals surface area (Å²) in [6.45, 7) is 6.29. The second-order valence-corrected chi connectivity index (χ2v) is 8.67. The fourth-order valence-corrected chi connectivity index (χ4v) is 4.23. The summed E-state index contributed by atoms with van der Waals surface area (Å²) < 4.78 is 0. The summed E-state index contributed by atoms with van der Waals surface area (Å²) >= 11 is 0. The van der Waals surface area contributed by atoms with Crippen LogP contribution >= 0.6 is 0 Å². The Bertz CT molecular complexity index is 445. The molecule has 2 fully saturated rings. The number of fused-ring (bicyclic) bond motifs is 2. The van der Waals surface area contributed by atoms with Crippen LogP contribution in [0.2, 0.25) is 0 Å². The van der Waals surface area contributed by atoms with Gasteiger partial charge in [0, 0.05) is 18.3 Å². The van der Waals surface area contributed by atoms with Gasteiger partial charge in [-0.05, 0) is 26.2 Å². The third-order valence-corrected chi connectivity index (χ3v) is 6.36. The molecule has 0 aromatic carbocycles. The highest BCUT2D eigenvalue weighted by atomic mass is 17.2. The van der Waals surface area contributed by atoms with Gasteiger partial charge in [0.05, 0.1) is 0 Å². The highest BCUT2D eigenvalue weighted by Gasteiger charge is 2.48. The molecule has 0 aromatic heterocycles. The van der Waals surface area contributed by atoms with E-state index in [1.54, 1.807) is 0 Å². The zero-order chi connectivity index (χ0) is 18.8. The maximum absolute atomic E-state index is 12.1. The van der Waals surface area contributed by atoms with Crippen molar-refractivity contribution in [2.45, 2.75) is 116 Å². The van der Waals surface area contributed by atoms with Gasteiger partial charge >= 0.3 is 0 Å². The summed E-state index contributed by atoms with van der Waals surface area (Å²) in [6, 6.07) is 0. The predicted molar refractivity (Wildman–Crippen MR) is 107 cm³/mol. The summed E-state index contributed by atoms with van der Waals surface area (Å²) in [5.74, 6) is 0.559. The number of allylic oxidation sites excluding steroid dienone is 1. The van der Waals surface area contributed by atoms with E-state index in [1.807, 2.05) is 6.92 Å². The molecule has 1 aliphatic heterocycles. The number of hydrogen-bond acceptors (Lipinski definition) is 3. The van der Waals surface area contributed by atoms with Gasteiger partial charge in [0.1, 0.15) is 17.5 Å². The fraction of sp³-hybridized carbons (Fsp3) is 0.870. The zero-order valence-corrected chi connectivity index (χ0v) is 17.3. The number of Topliss-reactive ketones (excluding diaryl/α,β-unsaturated/α-hetero) is 1. The molecule has 1 heterocycles. The molecular formula is C23H40O3. The molecule has 0 radical (unpaired) electrons. The van der Waals surface area contributed by atoms with Crippen LogP contribution in [0.1, 0.15) is 104 Å². The van der Waals surface area contributed by atoms with Gasteiger partial charge in [0.25, 0.3) is 0 Å². The number of carbonyl (C=O) groups excluding carboxylic acids is 1. The number of rotatable bonds is 12. The maximum Gasteiger partial charge on any atom is 0.138 e. The average Bonchev–Trinajstić information content (AvgIpc) is 2.63. The molecular weight excluding hydrogens is 324 g/mol. The Morgan fingerprint density at radius 2 is 1.65 bits per heavy atom. The lowest BCUT2D eigenvalue weighted by Gasteiger charge is -2.45. The zero-order valence-electron chi connectivity index (χ0n) is 17.3. The SMILES string of the molecule is CCCCCCCCCCCC/C=C/[C@]1(C)OO[C@@H]2C[C@H]1CC(=O)[C@@H]2C. The van der Waals surface area contributed by atoms with Crippen LogP contribution in [0.15, 0.2) is 12.2 Å². The van der Waals surface area contributed by atoms with E-state index >= 15 is 0 Å². The average molecular weight is 365 g/mol. The van der Waals surface area contributed by atoms with Crippen molar-refractivity contribution in [3.8, 4) is 0 Å². The Kier molecular flexibility index (Phi) is 9.35. The van der Waals surface area contributed by atoms with E-state index in [1.165, 1.54) is 64.2 Å². The minimum atomic E-state index is -0.440. The third kappa shape index (κ3) is 6.49. The molecule has 0 N–H and O–H groups in total. The molecule has 1 saturated carbocycles. The summed E-state index contributed by atoms with van der Waals surface area (Å²) in [5, 5.41) is 0. The minimum Gasteiger partial charge on any atom is -0.299 e. The van der Waals surface area contributed by atoms with Crippen LogP contribution in [0, 0.1) is 11.8 Å². The molecule has 150 valence electrons. The van der Waals surface area contributed by atoms with Crippen LogP contribution < -0.4 is 0 Å². The Labute approximate surface area is 160 Å². The van der Waals surface area contributed by atoms with Crippen molar-refractivity contribution >= 4 is 5.78 Å². The van der Waals surface area contributed by atoms with Crippen LogP contribution in [0.5, 0.6) is 0 Å². The van der Waals surface area contributed by atoms with Gasteiger partial charge in [-0.25, -0.2) is 9.78 Å². The van der Waals surface area contributed by atoms with Gasteiger partial charge < -0.3 is 0 Å². The number of hydrogen-bond donors (Lipinski definition) is 0. The van der Waals surface area contributed by atoms with Gasteiger partial charge in [0.2, 0.25) is 0 Å². The van der Waals surface area contributed by atoms with E-state index in [2.05, 4.69) is 26.0 Å². The van der Waals surface area contributed by atoms with Crippen LogP contribution in [-0.2, 0) is 14.6 Å². The predicted octanol–water partition coefficient (Wildman–Crippen LogP) is 6.56. The van der Waals surface area contributed by atoms with E-state index in [0.717, 1.165) is 12.8 Å². The van der Waals surface area contributed by atoms with Gasteiger partial charge in [-0.3, -0.25) is 4.79 Å². The largest absolute Gasteiger partial charge is 0.299 e. The normalized spacial score (nSPS) is 31.7. The van der Waals surface area contributed by atoms with Crippen molar-refractivity contribution in [2.75, 3.05) is 0 Å². The van der Waals surface area contributed by atoms with E-state index in [0.29, 0.717) is 12.2 Å². The molecule has 1 aliphatic carbocycles. The summed E-state index contributed by atoms with van der Waals surface area (Å²) in [4.78, 5) is 23.4. The standard InChI is InChI=1S/C23H40O3/c1-4-5-6-7-8-9-10-11-12-13-14-15-16-23(3)20-17-21(24)19(2)22(18-20)25-26-23/h15-16,19-20,22H,4-14,17-18H2,1-3H3/b16-15+/t19-,20+,22+,23-/m0/s1.